The van der Waals surface area contributed by atoms with Gasteiger partial charge in [0.2, 0.25) is 0 Å². The first-order chi connectivity index (χ1) is 19.4. The molecule has 2 aliphatic heterocycles. The number of pyridine rings is 1. The SMILES string of the molecule is CN1CCC(Nc2cccc(C(=O)N[C@H]3CCOc4c(Cl)ccc(F)c43)c2)(c2nnc(-c3ccncc3)[nH]2)CC1. The van der Waals surface area contributed by atoms with Crippen LogP contribution in [0, 0.1) is 5.82 Å². The second-order valence-corrected chi connectivity index (χ2v) is 10.7. The summed E-state index contributed by atoms with van der Waals surface area (Å²) in [5.41, 5.74) is 1.92. The van der Waals surface area contributed by atoms with Crippen molar-refractivity contribution in [3.63, 3.8) is 0 Å². The zero-order valence-corrected chi connectivity index (χ0v) is 22.7. The Balaban J connectivity index is 1.25. The van der Waals surface area contributed by atoms with Gasteiger partial charge in [-0.05, 0) is 62.4 Å². The third-order valence-electron chi connectivity index (χ3n) is 7.64. The van der Waals surface area contributed by atoms with E-state index in [1.807, 2.05) is 30.3 Å². The normalized spacial score (nSPS) is 18.4. The lowest BCUT2D eigenvalue weighted by molar-refractivity contribution is 0.0923. The van der Waals surface area contributed by atoms with Crippen LogP contribution in [0.1, 0.15) is 47.1 Å². The number of hydrogen-bond acceptors (Lipinski definition) is 7. The smallest absolute Gasteiger partial charge is 0.251 e. The number of nitrogens with zero attached hydrogens (tertiary/aromatic N) is 4. The van der Waals surface area contributed by atoms with Crippen molar-refractivity contribution in [2.45, 2.75) is 30.8 Å². The molecule has 9 nitrogen and oxygen atoms in total. The Morgan fingerprint density at radius 3 is 2.75 bits per heavy atom. The molecule has 0 saturated carbocycles. The average Bonchev–Trinajstić information content (AvgIpc) is 3.48. The van der Waals surface area contributed by atoms with Crippen molar-refractivity contribution in [2.24, 2.45) is 0 Å². The summed E-state index contributed by atoms with van der Waals surface area (Å²) in [5.74, 6) is 0.944. The molecule has 4 aromatic rings. The molecule has 6 rings (SSSR count). The molecule has 0 aliphatic carbocycles. The van der Waals surface area contributed by atoms with Gasteiger partial charge in [0.05, 0.1) is 28.8 Å². The third kappa shape index (κ3) is 5.12. The van der Waals surface area contributed by atoms with Gasteiger partial charge in [0.15, 0.2) is 11.6 Å². The van der Waals surface area contributed by atoms with Gasteiger partial charge in [-0.15, -0.1) is 10.2 Å². The molecule has 1 fully saturated rings. The topological polar surface area (TPSA) is 108 Å². The van der Waals surface area contributed by atoms with Gasteiger partial charge in [-0.25, -0.2) is 4.39 Å². The molecule has 206 valence electrons. The maximum absolute atomic E-state index is 14.7. The number of rotatable bonds is 6. The summed E-state index contributed by atoms with van der Waals surface area (Å²) in [6.07, 6.45) is 5.47. The minimum atomic E-state index is -0.549. The number of halogens is 2. The summed E-state index contributed by atoms with van der Waals surface area (Å²) in [4.78, 5) is 23.1. The standard InChI is InChI=1S/C29H29ClFN7O2/c1-38-14-10-29(11-15-38,28-34-26(36-37-28)18-7-12-32-13-8-18)35-20-4-2-3-19(17-20)27(39)33-23-9-16-40-25-21(30)5-6-22(31)24(23)25/h2-8,12-13,17,23,35H,9-11,14-16H2,1H3,(H,33,39)(H,34,36,37)/t23-/m0/s1. The van der Waals surface area contributed by atoms with E-state index in [0.29, 0.717) is 29.4 Å². The van der Waals surface area contributed by atoms with E-state index in [2.05, 4.69) is 42.7 Å². The van der Waals surface area contributed by atoms with Crippen LogP contribution in [-0.4, -0.2) is 57.7 Å². The Bertz CT molecular complexity index is 1520. The van der Waals surface area contributed by atoms with Gasteiger partial charge in [-0.1, -0.05) is 17.7 Å². The van der Waals surface area contributed by atoms with Gasteiger partial charge in [-0.3, -0.25) is 9.78 Å². The van der Waals surface area contributed by atoms with Crippen LogP contribution in [0.3, 0.4) is 0 Å². The molecule has 0 radical (unpaired) electrons. The van der Waals surface area contributed by atoms with Crippen molar-refractivity contribution in [2.75, 3.05) is 32.1 Å². The van der Waals surface area contributed by atoms with E-state index < -0.39 is 17.4 Å². The van der Waals surface area contributed by atoms with Crippen LogP contribution in [0.2, 0.25) is 5.02 Å². The second-order valence-electron chi connectivity index (χ2n) is 10.3. The second kappa shape index (κ2) is 10.9. The first-order valence-corrected chi connectivity index (χ1v) is 13.6. The molecule has 4 heterocycles. The van der Waals surface area contributed by atoms with E-state index in [1.165, 1.54) is 12.1 Å². The number of hydrogen-bond donors (Lipinski definition) is 3. The number of ether oxygens (including phenoxy) is 1. The van der Waals surface area contributed by atoms with Crippen LogP contribution in [0.5, 0.6) is 5.75 Å². The number of nitrogens with one attached hydrogen (secondary N) is 3. The molecule has 2 aromatic carbocycles. The number of anilines is 1. The fourth-order valence-corrected chi connectivity index (χ4v) is 5.60. The van der Waals surface area contributed by atoms with Gasteiger partial charge < -0.3 is 25.3 Å². The summed E-state index contributed by atoms with van der Waals surface area (Å²) in [7, 11) is 2.10. The maximum atomic E-state index is 14.7. The number of piperidine rings is 1. The summed E-state index contributed by atoms with van der Waals surface area (Å²) >= 11 is 6.22. The van der Waals surface area contributed by atoms with Crippen LogP contribution in [0.25, 0.3) is 11.4 Å². The Hall–Kier alpha value is -4.02. The summed E-state index contributed by atoms with van der Waals surface area (Å²) < 4.78 is 20.3. The highest BCUT2D eigenvalue weighted by Crippen LogP contribution is 2.40. The van der Waals surface area contributed by atoms with Crippen LogP contribution in [-0.2, 0) is 5.54 Å². The lowest BCUT2D eigenvalue weighted by Gasteiger charge is -2.40. The maximum Gasteiger partial charge on any atom is 0.251 e. The largest absolute Gasteiger partial charge is 0.491 e. The Labute approximate surface area is 236 Å². The van der Waals surface area contributed by atoms with Gasteiger partial charge in [0.1, 0.15) is 11.6 Å². The van der Waals surface area contributed by atoms with Crippen LogP contribution in [0.15, 0.2) is 60.9 Å². The van der Waals surface area contributed by atoms with Gasteiger partial charge in [0.25, 0.3) is 5.91 Å². The van der Waals surface area contributed by atoms with E-state index >= 15 is 0 Å². The fourth-order valence-electron chi connectivity index (χ4n) is 5.38. The molecule has 40 heavy (non-hydrogen) atoms. The van der Waals surface area contributed by atoms with Crippen molar-refractivity contribution in [1.82, 2.24) is 30.4 Å². The van der Waals surface area contributed by atoms with Crippen molar-refractivity contribution in [3.8, 4) is 17.1 Å². The molecule has 1 amide bonds. The monoisotopic (exact) mass is 561 g/mol. The van der Waals surface area contributed by atoms with E-state index in [9.17, 15) is 9.18 Å². The summed E-state index contributed by atoms with van der Waals surface area (Å²) in [6, 6.07) is 13.3. The minimum Gasteiger partial charge on any atom is -0.491 e. The molecule has 2 aromatic heterocycles. The number of aromatic nitrogens is 4. The quantitative estimate of drug-likeness (QED) is 0.306. The zero-order valence-electron chi connectivity index (χ0n) is 22.0. The predicted molar refractivity (Wildman–Crippen MR) is 150 cm³/mol. The molecule has 11 heteroatoms. The van der Waals surface area contributed by atoms with E-state index in [0.717, 1.165) is 43.0 Å². The lowest BCUT2D eigenvalue weighted by atomic mass is 9.86. The lowest BCUT2D eigenvalue weighted by Crippen LogP contribution is -2.46. The molecule has 0 bridgehead atoms. The van der Waals surface area contributed by atoms with Crippen molar-refractivity contribution in [1.29, 1.82) is 0 Å². The number of H-pyrrole nitrogens is 1. The number of carbonyl (C=O) groups is 1. The summed E-state index contributed by atoms with van der Waals surface area (Å²) in [5, 5.41) is 15.9. The molecule has 1 atom stereocenters. The molecule has 3 N–H and O–H groups in total. The highest BCUT2D eigenvalue weighted by atomic mass is 35.5. The van der Waals surface area contributed by atoms with Crippen LogP contribution < -0.4 is 15.4 Å². The number of carbonyl (C=O) groups excluding carboxylic acids is 1. The molecular formula is C29H29ClFN7O2. The molecular weight excluding hydrogens is 533 g/mol. The molecule has 0 unspecified atom stereocenters. The highest BCUT2D eigenvalue weighted by Gasteiger charge is 2.39. The van der Waals surface area contributed by atoms with E-state index in [-0.39, 0.29) is 17.2 Å². The van der Waals surface area contributed by atoms with Gasteiger partial charge in [-0.2, -0.15) is 0 Å². The molecule has 2 aliphatic rings. The zero-order chi connectivity index (χ0) is 27.7. The average molecular weight is 562 g/mol. The first-order valence-electron chi connectivity index (χ1n) is 13.2. The number of aromatic amines is 1. The van der Waals surface area contributed by atoms with Crippen molar-refractivity contribution < 1.29 is 13.9 Å². The number of benzene rings is 2. The first kappa shape index (κ1) is 26.2. The van der Waals surface area contributed by atoms with Crippen molar-refractivity contribution in [3.05, 3.63) is 88.7 Å². The Kier molecular flexibility index (Phi) is 7.12. The fraction of sp³-hybridized carbons (Fsp3) is 0.310. The van der Waals surface area contributed by atoms with Gasteiger partial charge >= 0.3 is 0 Å². The predicted octanol–water partition coefficient (Wildman–Crippen LogP) is 4.95. The Morgan fingerprint density at radius 2 is 1.95 bits per heavy atom. The van der Waals surface area contributed by atoms with Crippen LogP contribution in [0.4, 0.5) is 10.1 Å². The highest BCUT2D eigenvalue weighted by molar-refractivity contribution is 6.32. The molecule has 1 saturated heterocycles. The minimum absolute atomic E-state index is 0.280. The summed E-state index contributed by atoms with van der Waals surface area (Å²) in [6.45, 7) is 2.07. The van der Waals surface area contributed by atoms with E-state index in [1.54, 1.807) is 18.5 Å². The third-order valence-corrected chi connectivity index (χ3v) is 7.94. The number of fused-ring (bicyclic) bond motifs is 1. The van der Waals surface area contributed by atoms with Crippen LogP contribution >= 0.6 is 11.6 Å². The Morgan fingerprint density at radius 1 is 1.15 bits per heavy atom. The van der Waals surface area contributed by atoms with E-state index in [4.69, 9.17) is 16.3 Å². The number of amides is 1. The number of likely N-dealkylation sites (tertiary alicyclic amines) is 1. The van der Waals surface area contributed by atoms with Crippen molar-refractivity contribution >= 4 is 23.2 Å². The molecule has 0 spiro atoms. The van der Waals surface area contributed by atoms with Gasteiger partial charge in [0, 0.05) is 48.7 Å².